The molecule has 0 aliphatic rings. The molecule has 1 aromatic rings. The zero-order chi connectivity index (χ0) is 14.3. The molecule has 0 spiro atoms. The Kier molecular flexibility index (Phi) is 6.38. The smallest absolute Gasteiger partial charge is 0.240 e. The Morgan fingerprint density at radius 1 is 1.37 bits per heavy atom. The molecular formula is C13H18N2O2S2. The van der Waals surface area contributed by atoms with Gasteiger partial charge in [-0.05, 0) is 37.4 Å². The summed E-state index contributed by atoms with van der Waals surface area (Å²) in [5.74, 6) is 6.31. The number of thioether (sulfide) groups is 1. The highest BCUT2D eigenvalue weighted by Gasteiger charge is 2.16. The molecule has 104 valence electrons. The maximum atomic E-state index is 12.1. The lowest BCUT2D eigenvalue weighted by molar-refractivity contribution is 0.571. The molecule has 1 atom stereocenters. The Balaban J connectivity index is 2.84. The first kappa shape index (κ1) is 16.1. The third-order valence-electron chi connectivity index (χ3n) is 2.27. The van der Waals surface area contributed by atoms with Crippen LogP contribution in [0.25, 0.3) is 0 Å². The lowest BCUT2D eigenvalue weighted by atomic mass is 10.2. The van der Waals surface area contributed by atoms with Crippen LogP contribution in [0.3, 0.4) is 0 Å². The molecule has 0 heterocycles. The molecule has 0 saturated heterocycles. The summed E-state index contributed by atoms with van der Waals surface area (Å²) < 4.78 is 26.8. The fraction of sp³-hybridized carbons (Fsp3) is 0.385. The average molecular weight is 298 g/mol. The summed E-state index contributed by atoms with van der Waals surface area (Å²) in [6.07, 6.45) is 1.94. The minimum atomic E-state index is -3.46. The van der Waals surface area contributed by atoms with Crippen molar-refractivity contribution < 1.29 is 8.42 Å². The number of benzene rings is 1. The maximum Gasteiger partial charge on any atom is 0.240 e. The Morgan fingerprint density at radius 3 is 2.53 bits per heavy atom. The summed E-state index contributed by atoms with van der Waals surface area (Å²) in [6, 6.07) is 6.35. The standard InChI is InChI=1S/C13H18N2O2S2/c1-11(10-18-2)15-19(16,17)13-7-5-12(6-8-13)4-3-9-14/h5-8,11,15H,9-10,14H2,1-2H3. The van der Waals surface area contributed by atoms with Gasteiger partial charge in [0.1, 0.15) is 0 Å². The van der Waals surface area contributed by atoms with Crippen LogP contribution in [0.1, 0.15) is 12.5 Å². The van der Waals surface area contributed by atoms with Crippen LogP contribution in [-0.4, -0.2) is 33.0 Å². The molecule has 0 aliphatic carbocycles. The molecule has 1 rings (SSSR count). The number of hydrogen-bond donors (Lipinski definition) is 2. The van der Waals surface area contributed by atoms with Crippen LogP contribution in [0.4, 0.5) is 0 Å². The van der Waals surface area contributed by atoms with Gasteiger partial charge in [-0.15, -0.1) is 0 Å². The van der Waals surface area contributed by atoms with E-state index in [4.69, 9.17) is 5.73 Å². The Hall–Kier alpha value is -1.00. The second kappa shape index (κ2) is 7.56. The predicted octanol–water partition coefficient (Wildman–Crippen LogP) is 1.03. The topological polar surface area (TPSA) is 72.2 Å². The lowest BCUT2D eigenvalue weighted by Crippen LogP contribution is -2.34. The largest absolute Gasteiger partial charge is 0.320 e. The van der Waals surface area contributed by atoms with Crippen LogP contribution >= 0.6 is 11.8 Å². The van der Waals surface area contributed by atoms with E-state index in [0.717, 1.165) is 11.3 Å². The van der Waals surface area contributed by atoms with Gasteiger partial charge in [-0.25, -0.2) is 13.1 Å². The van der Waals surface area contributed by atoms with Crippen LogP contribution in [0.15, 0.2) is 29.2 Å². The fourth-order valence-electron chi connectivity index (χ4n) is 1.49. The number of hydrogen-bond acceptors (Lipinski definition) is 4. The van der Waals surface area contributed by atoms with E-state index in [-0.39, 0.29) is 17.5 Å². The first-order chi connectivity index (χ1) is 8.99. The zero-order valence-electron chi connectivity index (χ0n) is 11.0. The molecule has 19 heavy (non-hydrogen) atoms. The van der Waals surface area contributed by atoms with Crippen LogP contribution in [0.2, 0.25) is 0 Å². The van der Waals surface area contributed by atoms with E-state index >= 15 is 0 Å². The molecule has 6 heteroatoms. The molecular weight excluding hydrogens is 280 g/mol. The normalized spacial score (nSPS) is 12.6. The summed E-state index contributed by atoms with van der Waals surface area (Å²) in [5, 5.41) is 0. The second-order valence-electron chi connectivity index (χ2n) is 4.01. The van der Waals surface area contributed by atoms with Crippen molar-refractivity contribution in [2.75, 3.05) is 18.6 Å². The van der Waals surface area contributed by atoms with Crippen LogP contribution in [-0.2, 0) is 10.0 Å². The van der Waals surface area contributed by atoms with Gasteiger partial charge in [0.2, 0.25) is 10.0 Å². The van der Waals surface area contributed by atoms with E-state index in [9.17, 15) is 8.42 Å². The summed E-state index contributed by atoms with van der Waals surface area (Å²) in [6.45, 7) is 2.13. The van der Waals surface area contributed by atoms with Crippen molar-refractivity contribution in [2.45, 2.75) is 17.9 Å². The van der Waals surface area contributed by atoms with Crippen LogP contribution in [0.5, 0.6) is 0 Å². The third-order valence-corrected chi connectivity index (χ3v) is 4.71. The van der Waals surface area contributed by atoms with Crippen LogP contribution in [0, 0.1) is 11.8 Å². The lowest BCUT2D eigenvalue weighted by Gasteiger charge is -2.12. The van der Waals surface area contributed by atoms with Crippen molar-refractivity contribution in [1.29, 1.82) is 0 Å². The highest BCUT2D eigenvalue weighted by Crippen LogP contribution is 2.11. The average Bonchev–Trinajstić information content (AvgIpc) is 2.36. The number of sulfonamides is 1. The van der Waals surface area contributed by atoms with Gasteiger partial charge < -0.3 is 5.73 Å². The van der Waals surface area contributed by atoms with E-state index < -0.39 is 10.0 Å². The Morgan fingerprint density at radius 2 is 2.00 bits per heavy atom. The first-order valence-electron chi connectivity index (χ1n) is 5.80. The van der Waals surface area contributed by atoms with E-state index in [0.29, 0.717) is 0 Å². The SMILES string of the molecule is CSCC(C)NS(=O)(=O)c1ccc(C#CCN)cc1. The molecule has 1 aromatic carbocycles. The molecule has 0 bridgehead atoms. The van der Waals surface area contributed by atoms with Crippen molar-refractivity contribution in [3.8, 4) is 11.8 Å². The predicted molar refractivity (Wildman–Crippen MR) is 80.5 cm³/mol. The van der Waals surface area contributed by atoms with Crippen molar-refractivity contribution >= 4 is 21.8 Å². The number of rotatable bonds is 5. The molecule has 0 saturated carbocycles. The second-order valence-corrected chi connectivity index (χ2v) is 6.63. The Labute approximate surface area is 119 Å². The number of nitrogens with one attached hydrogen (secondary N) is 1. The van der Waals surface area contributed by atoms with E-state index in [1.165, 1.54) is 0 Å². The third kappa shape index (κ3) is 5.25. The zero-order valence-corrected chi connectivity index (χ0v) is 12.6. The van der Waals surface area contributed by atoms with E-state index in [1.807, 2.05) is 13.2 Å². The minimum absolute atomic E-state index is 0.100. The van der Waals surface area contributed by atoms with Crippen molar-refractivity contribution in [3.05, 3.63) is 29.8 Å². The quantitative estimate of drug-likeness (QED) is 0.796. The summed E-state index contributed by atoms with van der Waals surface area (Å²) in [7, 11) is -3.46. The summed E-state index contributed by atoms with van der Waals surface area (Å²) in [5.41, 5.74) is 6.03. The number of nitrogens with two attached hydrogens (primary N) is 1. The van der Waals surface area contributed by atoms with E-state index in [1.54, 1.807) is 36.0 Å². The van der Waals surface area contributed by atoms with Crippen LogP contribution < -0.4 is 10.5 Å². The van der Waals surface area contributed by atoms with Gasteiger partial charge >= 0.3 is 0 Å². The van der Waals surface area contributed by atoms with Gasteiger partial charge in [-0.1, -0.05) is 11.8 Å². The monoisotopic (exact) mass is 298 g/mol. The first-order valence-corrected chi connectivity index (χ1v) is 8.67. The molecule has 0 fully saturated rings. The summed E-state index contributed by atoms with van der Waals surface area (Å²) in [4.78, 5) is 0.249. The fourth-order valence-corrected chi connectivity index (χ4v) is 3.42. The van der Waals surface area contributed by atoms with Crippen molar-refractivity contribution in [2.24, 2.45) is 5.73 Å². The molecule has 0 aliphatic heterocycles. The molecule has 0 radical (unpaired) electrons. The van der Waals surface area contributed by atoms with Gasteiger partial charge in [-0.3, -0.25) is 0 Å². The van der Waals surface area contributed by atoms with E-state index in [2.05, 4.69) is 16.6 Å². The molecule has 3 N–H and O–H groups in total. The molecule has 0 aromatic heterocycles. The minimum Gasteiger partial charge on any atom is -0.320 e. The highest BCUT2D eigenvalue weighted by atomic mass is 32.2. The Bertz CT molecular complexity index is 557. The van der Waals surface area contributed by atoms with Gasteiger partial charge in [0.05, 0.1) is 11.4 Å². The molecule has 1 unspecified atom stereocenters. The molecule has 0 amide bonds. The summed E-state index contributed by atoms with van der Waals surface area (Å²) >= 11 is 1.60. The van der Waals surface area contributed by atoms with Crippen molar-refractivity contribution in [1.82, 2.24) is 4.72 Å². The van der Waals surface area contributed by atoms with Gasteiger partial charge in [0.25, 0.3) is 0 Å². The van der Waals surface area contributed by atoms with Gasteiger partial charge in [0, 0.05) is 17.4 Å². The van der Waals surface area contributed by atoms with Gasteiger partial charge in [0.15, 0.2) is 0 Å². The van der Waals surface area contributed by atoms with Crippen molar-refractivity contribution in [3.63, 3.8) is 0 Å². The highest BCUT2D eigenvalue weighted by molar-refractivity contribution is 7.98. The maximum absolute atomic E-state index is 12.1. The van der Waals surface area contributed by atoms with Gasteiger partial charge in [-0.2, -0.15) is 11.8 Å². The molecule has 4 nitrogen and oxygen atoms in total.